The second kappa shape index (κ2) is 12.5. The number of carbonyl (C=O) groups excluding carboxylic acids is 1. The van der Waals surface area contributed by atoms with Gasteiger partial charge in [0.2, 0.25) is 5.91 Å². The van der Waals surface area contributed by atoms with Gasteiger partial charge in [-0.25, -0.2) is 0 Å². The van der Waals surface area contributed by atoms with Crippen LogP contribution in [-0.2, 0) is 16.1 Å². The minimum absolute atomic E-state index is 0.253. The highest BCUT2D eigenvalue weighted by molar-refractivity contribution is 5.81. The number of nitrogens with zero attached hydrogens (tertiary/aromatic N) is 2. The molecule has 0 aromatic heterocycles. The summed E-state index contributed by atoms with van der Waals surface area (Å²) in [5.41, 5.74) is 1.14. The number of nitrogens with one attached hydrogen (secondary N) is 2. The Hall–Kier alpha value is -2.28. The Bertz CT molecular complexity index is 701. The number of hydrogen-bond acceptors (Lipinski definition) is 4. The first-order valence-corrected chi connectivity index (χ1v) is 11.7. The molecule has 1 aliphatic carbocycles. The topological polar surface area (TPSA) is 75.2 Å². The minimum atomic E-state index is 0.253. The van der Waals surface area contributed by atoms with E-state index in [1.54, 1.807) is 14.2 Å². The molecule has 0 radical (unpaired) electrons. The van der Waals surface area contributed by atoms with Gasteiger partial charge in [-0.15, -0.1) is 0 Å². The van der Waals surface area contributed by atoms with Crippen LogP contribution >= 0.6 is 0 Å². The molecule has 1 unspecified atom stereocenters. The molecule has 2 fully saturated rings. The Labute approximate surface area is 186 Å². The van der Waals surface area contributed by atoms with Crippen molar-refractivity contribution >= 4 is 11.9 Å². The Morgan fingerprint density at radius 3 is 2.65 bits per heavy atom. The second-order valence-corrected chi connectivity index (χ2v) is 8.50. The molecule has 31 heavy (non-hydrogen) atoms. The molecule has 7 heteroatoms. The largest absolute Gasteiger partial charge is 0.497 e. The highest BCUT2D eigenvalue weighted by Crippen LogP contribution is 2.26. The molecule has 1 amide bonds. The lowest BCUT2D eigenvalue weighted by molar-refractivity contribution is -0.135. The Kier molecular flexibility index (Phi) is 9.46. The number of amides is 1. The summed E-state index contributed by atoms with van der Waals surface area (Å²) >= 11 is 0. The Balaban J connectivity index is 1.28. The van der Waals surface area contributed by atoms with Gasteiger partial charge in [-0.05, 0) is 43.4 Å². The Morgan fingerprint density at radius 2 is 1.94 bits per heavy atom. The predicted molar refractivity (Wildman–Crippen MR) is 123 cm³/mol. The average Bonchev–Trinajstić information content (AvgIpc) is 3.29. The van der Waals surface area contributed by atoms with Crippen molar-refractivity contribution in [2.75, 3.05) is 40.4 Å². The van der Waals surface area contributed by atoms with Gasteiger partial charge in [-0.3, -0.25) is 9.79 Å². The summed E-state index contributed by atoms with van der Waals surface area (Å²) in [6, 6.07) is 8.20. The number of rotatable bonds is 9. The molecular weight excluding hydrogens is 392 g/mol. The number of likely N-dealkylation sites (tertiary alicyclic amines) is 1. The molecule has 172 valence electrons. The standard InChI is InChI=1S/C24H38N4O3/c1-25-24(26-14-6-16-31-18-19-9-11-22(30-2)12-10-19)27-21-13-15-28(17-21)23(29)20-7-4-3-5-8-20/h9-12,20-21H,3-8,13-18H2,1-2H3,(H2,25,26,27). The summed E-state index contributed by atoms with van der Waals surface area (Å²) in [5.74, 6) is 2.27. The van der Waals surface area contributed by atoms with E-state index in [2.05, 4.69) is 15.6 Å². The average molecular weight is 431 g/mol. The van der Waals surface area contributed by atoms with Gasteiger partial charge in [-0.2, -0.15) is 0 Å². The first kappa shape index (κ1) is 23.4. The van der Waals surface area contributed by atoms with E-state index in [1.807, 2.05) is 29.2 Å². The molecule has 1 aliphatic heterocycles. The van der Waals surface area contributed by atoms with Gasteiger partial charge >= 0.3 is 0 Å². The van der Waals surface area contributed by atoms with Crippen LogP contribution in [0.5, 0.6) is 5.75 Å². The Morgan fingerprint density at radius 1 is 1.16 bits per heavy atom. The molecule has 2 aliphatic rings. The smallest absolute Gasteiger partial charge is 0.225 e. The molecule has 1 aromatic rings. The SMILES string of the molecule is CN=C(NCCCOCc1ccc(OC)cc1)NC1CCN(C(=O)C2CCCCC2)C1. The van der Waals surface area contributed by atoms with Crippen molar-refractivity contribution in [3.63, 3.8) is 0 Å². The van der Waals surface area contributed by atoms with Gasteiger partial charge in [-0.1, -0.05) is 31.4 Å². The van der Waals surface area contributed by atoms with Crippen LogP contribution in [0.15, 0.2) is 29.3 Å². The third-order valence-corrected chi connectivity index (χ3v) is 6.20. The van der Waals surface area contributed by atoms with E-state index in [4.69, 9.17) is 9.47 Å². The van der Waals surface area contributed by atoms with Crippen LogP contribution in [0, 0.1) is 5.92 Å². The van der Waals surface area contributed by atoms with Crippen LogP contribution in [0.1, 0.15) is 50.5 Å². The van der Waals surface area contributed by atoms with Gasteiger partial charge in [0.1, 0.15) is 5.75 Å². The maximum Gasteiger partial charge on any atom is 0.225 e. The normalized spacial score (nSPS) is 20.0. The molecule has 1 saturated carbocycles. The van der Waals surface area contributed by atoms with E-state index in [0.717, 1.165) is 62.6 Å². The summed E-state index contributed by atoms with van der Waals surface area (Å²) in [6.45, 7) is 3.71. The van der Waals surface area contributed by atoms with E-state index in [1.165, 1.54) is 19.3 Å². The number of methoxy groups -OCH3 is 1. The third-order valence-electron chi connectivity index (χ3n) is 6.20. The fourth-order valence-electron chi connectivity index (χ4n) is 4.37. The van der Waals surface area contributed by atoms with Crippen LogP contribution in [-0.4, -0.2) is 63.2 Å². The lowest BCUT2D eigenvalue weighted by Crippen LogP contribution is -2.45. The van der Waals surface area contributed by atoms with Crippen LogP contribution in [0.2, 0.25) is 0 Å². The lowest BCUT2D eigenvalue weighted by atomic mass is 9.88. The number of ether oxygens (including phenoxy) is 2. The highest BCUT2D eigenvalue weighted by Gasteiger charge is 2.31. The van der Waals surface area contributed by atoms with Crippen LogP contribution in [0.25, 0.3) is 0 Å². The monoisotopic (exact) mass is 430 g/mol. The van der Waals surface area contributed by atoms with Crippen molar-refractivity contribution in [2.24, 2.45) is 10.9 Å². The van der Waals surface area contributed by atoms with Crippen molar-refractivity contribution in [3.8, 4) is 5.75 Å². The quantitative estimate of drug-likeness (QED) is 0.358. The summed E-state index contributed by atoms with van der Waals surface area (Å²) in [4.78, 5) is 19.1. The number of carbonyl (C=O) groups is 1. The molecule has 0 spiro atoms. The molecule has 0 bridgehead atoms. The predicted octanol–water partition coefficient (Wildman–Crippen LogP) is 2.95. The molecule has 1 atom stereocenters. The van der Waals surface area contributed by atoms with E-state index in [-0.39, 0.29) is 12.0 Å². The zero-order chi connectivity index (χ0) is 21.9. The number of aliphatic imine (C=N–C) groups is 1. The molecule has 1 aromatic carbocycles. The van der Waals surface area contributed by atoms with Gasteiger partial charge in [0, 0.05) is 45.2 Å². The van der Waals surface area contributed by atoms with E-state index >= 15 is 0 Å². The molecule has 2 N–H and O–H groups in total. The number of hydrogen-bond donors (Lipinski definition) is 2. The van der Waals surface area contributed by atoms with Crippen molar-refractivity contribution in [2.45, 2.75) is 57.6 Å². The zero-order valence-electron chi connectivity index (χ0n) is 19.1. The highest BCUT2D eigenvalue weighted by atomic mass is 16.5. The van der Waals surface area contributed by atoms with Crippen LogP contribution in [0.3, 0.4) is 0 Å². The van der Waals surface area contributed by atoms with E-state index < -0.39 is 0 Å². The lowest BCUT2D eigenvalue weighted by Gasteiger charge is -2.26. The molecule has 1 saturated heterocycles. The first-order chi connectivity index (χ1) is 15.2. The molecule has 7 nitrogen and oxygen atoms in total. The summed E-state index contributed by atoms with van der Waals surface area (Å²) in [6.07, 6.45) is 7.69. The molecular formula is C24H38N4O3. The fourth-order valence-corrected chi connectivity index (χ4v) is 4.37. The van der Waals surface area contributed by atoms with Crippen molar-refractivity contribution in [1.29, 1.82) is 0 Å². The molecule has 3 rings (SSSR count). The zero-order valence-corrected chi connectivity index (χ0v) is 19.1. The minimum Gasteiger partial charge on any atom is -0.497 e. The summed E-state index contributed by atoms with van der Waals surface area (Å²) < 4.78 is 10.9. The summed E-state index contributed by atoms with van der Waals surface area (Å²) in [5, 5.41) is 6.83. The number of benzene rings is 1. The maximum absolute atomic E-state index is 12.7. The van der Waals surface area contributed by atoms with Gasteiger partial charge in [0.05, 0.1) is 13.7 Å². The number of guanidine groups is 1. The van der Waals surface area contributed by atoms with Crippen molar-refractivity contribution < 1.29 is 14.3 Å². The first-order valence-electron chi connectivity index (χ1n) is 11.7. The third kappa shape index (κ3) is 7.42. The van der Waals surface area contributed by atoms with Crippen LogP contribution < -0.4 is 15.4 Å². The summed E-state index contributed by atoms with van der Waals surface area (Å²) in [7, 11) is 3.45. The second-order valence-electron chi connectivity index (χ2n) is 8.50. The van der Waals surface area contributed by atoms with Crippen molar-refractivity contribution in [1.82, 2.24) is 15.5 Å². The van der Waals surface area contributed by atoms with Gasteiger partial charge in [0.25, 0.3) is 0 Å². The molecule has 1 heterocycles. The van der Waals surface area contributed by atoms with E-state index in [9.17, 15) is 4.79 Å². The van der Waals surface area contributed by atoms with Crippen molar-refractivity contribution in [3.05, 3.63) is 29.8 Å². The van der Waals surface area contributed by atoms with Gasteiger partial charge in [0.15, 0.2) is 5.96 Å². The fraction of sp³-hybridized carbons (Fsp3) is 0.667. The maximum atomic E-state index is 12.7. The van der Waals surface area contributed by atoms with Crippen LogP contribution in [0.4, 0.5) is 0 Å². The van der Waals surface area contributed by atoms with E-state index in [0.29, 0.717) is 19.1 Å². The van der Waals surface area contributed by atoms with Gasteiger partial charge < -0.3 is 25.0 Å².